The Labute approximate surface area is 120 Å². The van der Waals surface area contributed by atoms with E-state index in [1.807, 2.05) is 24.3 Å². The summed E-state index contributed by atoms with van der Waals surface area (Å²) in [5.74, 6) is -0.889. The molecule has 0 saturated carbocycles. The van der Waals surface area contributed by atoms with E-state index in [1.54, 1.807) is 18.2 Å². The Balaban J connectivity index is 2.25. The zero-order chi connectivity index (χ0) is 13.8. The minimum absolute atomic E-state index is 0.0686. The zero-order valence-corrected chi connectivity index (χ0v) is 11.5. The SMILES string of the molecule is Nc1c(CC(=O)O)cccc1Sc1ccc(Cl)cc1. The van der Waals surface area contributed by atoms with Gasteiger partial charge in [-0.25, -0.2) is 0 Å². The van der Waals surface area contributed by atoms with Crippen LogP contribution in [0.25, 0.3) is 0 Å². The van der Waals surface area contributed by atoms with Gasteiger partial charge in [0.15, 0.2) is 0 Å². The molecule has 98 valence electrons. The van der Waals surface area contributed by atoms with Gasteiger partial charge in [0.25, 0.3) is 0 Å². The highest BCUT2D eigenvalue weighted by Gasteiger charge is 2.09. The second-order valence-corrected chi connectivity index (χ2v) is 5.51. The van der Waals surface area contributed by atoms with Gasteiger partial charge in [0.05, 0.1) is 6.42 Å². The van der Waals surface area contributed by atoms with Crippen molar-refractivity contribution in [1.82, 2.24) is 0 Å². The molecule has 0 bridgehead atoms. The van der Waals surface area contributed by atoms with Crippen molar-refractivity contribution in [3.05, 3.63) is 53.1 Å². The Morgan fingerprint density at radius 2 is 1.89 bits per heavy atom. The number of hydrogen-bond donors (Lipinski definition) is 2. The minimum atomic E-state index is -0.889. The fourth-order valence-electron chi connectivity index (χ4n) is 1.63. The Morgan fingerprint density at radius 3 is 2.53 bits per heavy atom. The second kappa shape index (κ2) is 5.99. The molecule has 0 spiro atoms. The lowest BCUT2D eigenvalue weighted by Crippen LogP contribution is -2.04. The van der Waals surface area contributed by atoms with E-state index in [-0.39, 0.29) is 6.42 Å². The van der Waals surface area contributed by atoms with Crippen molar-refractivity contribution in [2.45, 2.75) is 16.2 Å². The van der Waals surface area contributed by atoms with E-state index in [0.29, 0.717) is 16.3 Å². The number of para-hydroxylation sites is 1. The lowest BCUT2D eigenvalue weighted by atomic mass is 10.1. The van der Waals surface area contributed by atoms with Gasteiger partial charge >= 0.3 is 5.97 Å². The molecule has 3 nitrogen and oxygen atoms in total. The van der Waals surface area contributed by atoms with E-state index in [4.69, 9.17) is 22.4 Å². The average molecular weight is 294 g/mol. The Hall–Kier alpha value is -1.65. The van der Waals surface area contributed by atoms with Crippen LogP contribution in [0.4, 0.5) is 5.69 Å². The molecular weight excluding hydrogens is 282 g/mol. The molecule has 5 heteroatoms. The quantitative estimate of drug-likeness (QED) is 0.844. The molecule has 0 heterocycles. The summed E-state index contributed by atoms with van der Waals surface area (Å²) in [5.41, 5.74) is 7.15. The van der Waals surface area contributed by atoms with E-state index in [2.05, 4.69) is 0 Å². The second-order valence-electron chi connectivity index (χ2n) is 3.96. The maximum atomic E-state index is 10.8. The number of aliphatic carboxylic acids is 1. The van der Waals surface area contributed by atoms with Crippen LogP contribution in [0, 0.1) is 0 Å². The Morgan fingerprint density at radius 1 is 1.21 bits per heavy atom. The third-order valence-corrected chi connectivity index (χ3v) is 3.88. The molecule has 0 amide bonds. The van der Waals surface area contributed by atoms with Crippen molar-refractivity contribution in [2.24, 2.45) is 0 Å². The molecule has 0 saturated heterocycles. The first-order chi connectivity index (χ1) is 9.06. The van der Waals surface area contributed by atoms with Crippen molar-refractivity contribution >= 4 is 35.0 Å². The van der Waals surface area contributed by atoms with Gasteiger partial charge in [-0.1, -0.05) is 35.5 Å². The summed E-state index contributed by atoms with van der Waals surface area (Å²) in [7, 11) is 0. The molecule has 0 unspecified atom stereocenters. The van der Waals surface area contributed by atoms with Crippen LogP contribution in [0.1, 0.15) is 5.56 Å². The Bertz CT molecular complexity index is 599. The van der Waals surface area contributed by atoms with Gasteiger partial charge in [0.1, 0.15) is 0 Å². The molecule has 2 aromatic rings. The maximum absolute atomic E-state index is 10.8. The van der Waals surface area contributed by atoms with Gasteiger partial charge < -0.3 is 10.8 Å². The van der Waals surface area contributed by atoms with Gasteiger partial charge in [-0.05, 0) is 35.9 Å². The Kier molecular flexibility index (Phi) is 4.35. The van der Waals surface area contributed by atoms with Crippen LogP contribution in [0.2, 0.25) is 5.02 Å². The van der Waals surface area contributed by atoms with Crippen LogP contribution < -0.4 is 5.73 Å². The number of anilines is 1. The number of rotatable bonds is 4. The number of benzene rings is 2. The smallest absolute Gasteiger partial charge is 0.307 e. The van der Waals surface area contributed by atoms with Crippen LogP contribution in [0.5, 0.6) is 0 Å². The molecule has 0 aliphatic rings. The van der Waals surface area contributed by atoms with E-state index in [0.717, 1.165) is 9.79 Å². The normalized spacial score (nSPS) is 10.4. The molecule has 0 aliphatic heterocycles. The van der Waals surface area contributed by atoms with Crippen LogP contribution in [0.3, 0.4) is 0 Å². The minimum Gasteiger partial charge on any atom is -0.481 e. The summed E-state index contributed by atoms with van der Waals surface area (Å²) in [6.07, 6.45) is -0.0686. The van der Waals surface area contributed by atoms with Crippen molar-refractivity contribution in [3.63, 3.8) is 0 Å². The fourth-order valence-corrected chi connectivity index (χ4v) is 2.66. The number of carbonyl (C=O) groups is 1. The summed E-state index contributed by atoms with van der Waals surface area (Å²) in [5, 5.41) is 9.50. The summed E-state index contributed by atoms with van der Waals surface area (Å²) in [6.45, 7) is 0. The first-order valence-corrected chi connectivity index (χ1v) is 6.78. The van der Waals surface area contributed by atoms with Crippen molar-refractivity contribution < 1.29 is 9.90 Å². The molecule has 2 rings (SSSR count). The van der Waals surface area contributed by atoms with Gasteiger partial charge in [0.2, 0.25) is 0 Å². The maximum Gasteiger partial charge on any atom is 0.307 e. The number of halogens is 1. The third kappa shape index (κ3) is 3.66. The summed E-state index contributed by atoms with van der Waals surface area (Å²) in [6, 6.07) is 12.8. The lowest BCUT2D eigenvalue weighted by molar-refractivity contribution is -0.136. The van der Waals surface area contributed by atoms with E-state index < -0.39 is 5.97 Å². The molecule has 3 N–H and O–H groups in total. The first-order valence-electron chi connectivity index (χ1n) is 5.59. The van der Waals surface area contributed by atoms with Crippen LogP contribution >= 0.6 is 23.4 Å². The average Bonchev–Trinajstić information content (AvgIpc) is 2.36. The van der Waals surface area contributed by atoms with Gasteiger partial charge in [-0.2, -0.15) is 0 Å². The molecule has 0 atom stereocenters. The van der Waals surface area contributed by atoms with Gasteiger partial charge in [0, 0.05) is 20.5 Å². The number of carboxylic acids is 1. The number of nitrogen functional groups attached to an aromatic ring is 1. The van der Waals surface area contributed by atoms with E-state index in [9.17, 15) is 4.79 Å². The van der Waals surface area contributed by atoms with Crippen LogP contribution in [-0.2, 0) is 11.2 Å². The van der Waals surface area contributed by atoms with Gasteiger partial charge in [-0.15, -0.1) is 0 Å². The number of nitrogens with two attached hydrogens (primary N) is 1. The largest absolute Gasteiger partial charge is 0.481 e. The molecular formula is C14H12ClNO2S. The van der Waals surface area contributed by atoms with Crippen molar-refractivity contribution in [1.29, 1.82) is 0 Å². The molecule has 0 fully saturated rings. The first kappa shape index (κ1) is 13.8. The highest BCUT2D eigenvalue weighted by Crippen LogP contribution is 2.34. The molecule has 0 aromatic heterocycles. The summed E-state index contributed by atoms with van der Waals surface area (Å²) < 4.78 is 0. The highest BCUT2D eigenvalue weighted by molar-refractivity contribution is 7.99. The van der Waals surface area contributed by atoms with E-state index in [1.165, 1.54) is 11.8 Å². The standard InChI is InChI=1S/C14H12ClNO2S/c15-10-4-6-11(7-5-10)19-12-3-1-2-9(14(12)16)8-13(17)18/h1-7H,8,16H2,(H,17,18). The fraction of sp³-hybridized carbons (Fsp3) is 0.0714. The topological polar surface area (TPSA) is 63.3 Å². The predicted molar refractivity (Wildman–Crippen MR) is 77.8 cm³/mol. The molecule has 0 aliphatic carbocycles. The lowest BCUT2D eigenvalue weighted by Gasteiger charge is -2.09. The zero-order valence-electron chi connectivity index (χ0n) is 9.97. The number of hydrogen-bond acceptors (Lipinski definition) is 3. The monoisotopic (exact) mass is 293 g/mol. The van der Waals surface area contributed by atoms with Crippen molar-refractivity contribution in [2.75, 3.05) is 5.73 Å². The summed E-state index contributed by atoms with van der Waals surface area (Å²) >= 11 is 7.32. The highest BCUT2D eigenvalue weighted by atomic mass is 35.5. The molecule has 0 radical (unpaired) electrons. The van der Waals surface area contributed by atoms with E-state index >= 15 is 0 Å². The molecule has 2 aromatic carbocycles. The van der Waals surface area contributed by atoms with Gasteiger partial charge in [-0.3, -0.25) is 4.79 Å². The summed E-state index contributed by atoms with van der Waals surface area (Å²) in [4.78, 5) is 12.6. The molecule has 19 heavy (non-hydrogen) atoms. The number of carboxylic acid groups (broad SMARTS) is 1. The predicted octanol–water partition coefficient (Wildman–Crippen LogP) is 3.70. The van der Waals surface area contributed by atoms with Crippen molar-refractivity contribution in [3.8, 4) is 0 Å². The third-order valence-electron chi connectivity index (χ3n) is 2.54. The van der Waals surface area contributed by atoms with Crippen LogP contribution in [-0.4, -0.2) is 11.1 Å². The van der Waals surface area contributed by atoms with Crippen LogP contribution in [0.15, 0.2) is 52.3 Å².